The Labute approximate surface area is 135 Å². The van der Waals surface area contributed by atoms with Crippen LogP contribution in [0.1, 0.15) is 23.2 Å². The number of nitriles is 2. The van der Waals surface area contributed by atoms with E-state index in [9.17, 15) is 14.9 Å². The molecule has 1 aromatic carbocycles. The summed E-state index contributed by atoms with van der Waals surface area (Å²) in [5.41, 5.74) is 0.0416. The zero-order valence-electron chi connectivity index (χ0n) is 11.0. The fourth-order valence-corrected chi connectivity index (χ4v) is 2.21. The molecule has 0 aliphatic carbocycles. The summed E-state index contributed by atoms with van der Waals surface area (Å²) in [6.45, 7) is 0.381. The van der Waals surface area contributed by atoms with E-state index in [0.717, 1.165) is 0 Å². The van der Waals surface area contributed by atoms with Gasteiger partial charge < -0.3 is 4.90 Å². The molecule has 0 spiro atoms. The van der Waals surface area contributed by atoms with Gasteiger partial charge >= 0.3 is 0 Å². The van der Waals surface area contributed by atoms with Crippen molar-refractivity contribution in [1.82, 2.24) is 4.90 Å². The van der Waals surface area contributed by atoms with Crippen LogP contribution in [0.2, 0.25) is 0 Å². The van der Waals surface area contributed by atoms with Gasteiger partial charge in [0.1, 0.15) is 0 Å². The van der Waals surface area contributed by atoms with Gasteiger partial charge in [-0.05, 0) is 28.7 Å². The molecule has 1 amide bonds. The third-order valence-electron chi connectivity index (χ3n) is 2.67. The molecular weight excluding hydrogens is 387 g/mol. The van der Waals surface area contributed by atoms with Crippen LogP contribution < -0.4 is 0 Å². The first-order valence-electron chi connectivity index (χ1n) is 5.98. The van der Waals surface area contributed by atoms with E-state index in [1.807, 2.05) is 34.7 Å². The minimum Gasteiger partial charge on any atom is -0.337 e. The Balaban J connectivity index is 3.07. The van der Waals surface area contributed by atoms with Crippen LogP contribution in [0.15, 0.2) is 18.2 Å². The van der Waals surface area contributed by atoms with E-state index in [2.05, 4.69) is 0 Å². The maximum atomic E-state index is 12.4. The van der Waals surface area contributed by atoms with Crippen molar-refractivity contribution in [2.45, 2.75) is 12.8 Å². The number of carbonyl (C=O) groups excluding carboxylic acids is 1. The van der Waals surface area contributed by atoms with E-state index in [1.54, 1.807) is 0 Å². The largest absolute Gasteiger partial charge is 0.337 e. The van der Waals surface area contributed by atoms with Gasteiger partial charge in [-0.1, -0.05) is 0 Å². The zero-order chi connectivity index (χ0) is 15.8. The van der Waals surface area contributed by atoms with Crippen LogP contribution in [0.3, 0.4) is 0 Å². The summed E-state index contributed by atoms with van der Waals surface area (Å²) in [5, 5.41) is 28.0. The highest BCUT2D eigenvalue weighted by Gasteiger charge is 2.20. The monoisotopic (exact) mass is 398 g/mol. The lowest BCUT2D eigenvalue weighted by molar-refractivity contribution is -0.384. The summed E-state index contributed by atoms with van der Waals surface area (Å²) in [5.74, 6) is -0.409. The Morgan fingerprint density at radius 2 is 1.86 bits per heavy atom. The lowest BCUT2D eigenvalue weighted by Gasteiger charge is -2.20. The van der Waals surface area contributed by atoms with Crippen LogP contribution in [-0.4, -0.2) is 28.8 Å². The molecule has 0 bridgehead atoms. The SMILES string of the molecule is N#CCCN(CCC#N)C(=O)c1cc([N+](=O)[O-])ccc1I. The predicted octanol–water partition coefficient (Wildman–Crippen LogP) is 2.47. The van der Waals surface area contributed by atoms with E-state index in [4.69, 9.17) is 10.5 Å². The average molecular weight is 398 g/mol. The fourth-order valence-electron chi connectivity index (χ4n) is 1.65. The van der Waals surface area contributed by atoms with Crippen LogP contribution in [0.25, 0.3) is 0 Å². The minimum absolute atomic E-state index is 0.142. The molecule has 0 saturated heterocycles. The first-order chi connectivity index (χ1) is 10.0. The summed E-state index contributed by atoms with van der Waals surface area (Å²) in [7, 11) is 0. The van der Waals surface area contributed by atoms with Gasteiger partial charge in [0.25, 0.3) is 11.6 Å². The van der Waals surface area contributed by atoms with Crippen LogP contribution in [-0.2, 0) is 0 Å². The highest BCUT2D eigenvalue weighted by Crippen LogP contribution is 2.21. The summed E-state index contributed by atoms with van der Waals surface area (Å²) in [6.07, 6.45) is 0.283. The molecule has 7 nitrogen and oxygen atoms in total. The molecular formula is C13H11IN4O3. The van der Waals surface area contributed by atoms with Crippen LogP contribution >= 0.6 is 22.6 Å². The Kier molecular flexibility index (Phi) is 6.56. The molecule has 21 heavy (non-hydrogen) atoms. The molecule has 0 N–H and O–H groups in total. The smallest absolute Gasteiger partial charge is 0.270 e. The van der Waals surface area contributed by atoms with Gasteiger partial charge in [0, 0.05) is 28.8 Å². The maximum Gasteiger partial charge on any atom is 0.270 e. The van der Waals surface area contributed by atoms with Gasteiger partial charge in [0.05, 0.1) is 35.5 Å². The van der Waals surface area contributed by atoms with E-state index in [1.165, 1.54) is 23.1 Å². The molecule has 0 saturated carbocycles. The van der Waals surface area contributed by atoms with Crippen molar-refractivity contribution in [1.29, 1.82) is 10.5 Å². The second-order valence-corrected chi connectivity index (χ2v) is 5.19. The Morgan fingerprint density at radius 3 is 2.33 bits per heavy atom. The number of nitro groups is 1. The average Bonchev–Trinajstić information content (AvgIpc) is 2.47. The molecule has 0 aliphatic rings. The molecule has 108 valence electrons. The number of carbonyl (C=O) groups is 1. The number of non-ortho nitro benzene ring substituents is 1. The topological polar surface area (TPSA) is 111 Å². The molecule has 8 heteroatoms. The summed E-state index contributed by atoms with van der Waals surface area (Å²) in [6, 6.07) is 7.92. The molecule has 0 fully saturated rings. The fraction of sp³-hybridized carbons (Fsp3) is 0.308. The lowest BCUT2D eigenvalue weighted by Crippen LogP contribution is -2.33. The molecule has 0 aromatic heterocycles. The second kappa shape index (κ2) is 8.17. The third-order valence-corrected chi connectivity index (χ3v) is 3.61. The van der Waals surface area contributed by atoms with Crippen molar-refractivity contribution in [2.24, 2.45) is 0 Å². The Morgan fingerprint density at radius 1 is 1.29 bits per heavy atom. The lowest BCUT2D eigenvalue weighted by atomic mass is 10.1. The number of rotatable bonds is 6. The van der Waals surface area contributed by atoms with Crippen molar-refractivity contribution < 1.29 is 9.72 Å². The highest BCUT2D eigenvalue weighted by atomic mass is 127. The summed E-state index contributed by atoms with van der Waals surface area (Å²) >= 11 is 1.92. The Bertz CT molecular complexity index is 615. The quantitative estimate of drug-likeness (QED) is 0.415. The van der Waals surface area contributed by atoms with Crippen molar-refractivity contribution in [3.63, 3.8) is 0 Å². The maximum absolute atomic E-state index is 12.4. The van der Waals surface area contributed by atoms with Gasteiger partial charge in [-0.25, -0.2) is 0 Å². The van der Waals surface area contributed by atoms with E-state index < -0.39 is 10.8 Å². The summed E-state index contributed by atoms with van der Waals surface area (Å²) in [4.78, 5) is 24.0. The molecule has 1 aromatic rings. The van der Waals surface area contributed by atoms with E-state index in [0.29, 0.717) is 3.57 Å². The molecule has 0 radical (unpaired) electrons. The molecule has 1 rings (SSSR count). The normalized spacial score (nSPS) is 9.48. The van der Waals surface area contributed by atoms with Crippen molar-refractivity contribution in [2.75, 3.05) is 13.1 Å². The standard InChI is InChI=1S/C13H11IN4O3/c14-12-4-3-10(18(20)21)9-11(12)13(19)17(7-1-5-15)8-2-6-16/h3-4,9H,1-2,7-8H2. The highest BCUT2D eigenvalue weighted by molar-refractivity contribution is 14.1. The van der Waals surface area contributed by atoms with E-state index >= 15 is 0 Å². The van der Waals surface area contributed by atoms with Crippen molar-refractivity contribution >= 4 is 34.2 Å². The van der Waals surface area contributed by atoms with Crippen molar-refractivity contribution in [3.05, 3.63) is 37.4 Å². The Hall–Kier alpha value is -2.20. The first kappa shape index (κ1) is 16.9. The molecule has 0 heterocycles. The minimum atomic E-state index is -0.568. The number of nitrogens with zero attached hydrogens (tertiary/aromatic N) is 4. The predicted molar refractivity (Wildman–Crippen MR) is 82.2 cm³/mol. The van der Waals surface area contributed by atoms with Gasteiger partial charge in [0.15, 0.2) is 0 Å². The number of benzene rings is 1. The van der Waals surface area contributed by atoms with Gasteiger partial charge in [0.2, 0.25) is 0 Å². The number of hydrogen-bond donors (Lipinski definition) is 0. The molecule has 0 aliphatic heterocycles. The zero-order valence-corrected chi connectivity index (χ0v) is 13.1. The third kappa shape index (κ3) is 4.68. The number of hydrogen-bond acceptors (Lipinski definition) is 5. The van der Waals surface area contributed by atoms with E-state index in [-0.39, 0.29) is 37.2 Å². The van der Waals surface area contributed by atoms with Gasteiger partial charge in [-0.3, -0.25) is 14.9 Å². The van der Waals surface area contributed by atoms with Crippen LogP contribution in [0.4, 0.5) is 5.69 Å². The summed E-state index contributed by atoms with van der Waals surface area (Å²) < 4.78 is 0.585. The molecule has 0 atom stereocenters. The van der Waals surface area contributed by atoms with Crippen LogP contribution in [0, 0.1) is 36.3 Å². The van der Waals surface area contributed by atoms with Crippen molar-refractivity contribution in [3.8, 4) is 12.1 Å². The number of halogens is 1. The van der Waals surface area contributed by atoms with Gasteiger partial charge in [-0.2, -0.15) is 10.5 Å². The number of amides is 1. The van der Waals surface area contributed by atoms with Crippen LogP contribution in [0.5, 0.6) is 0 Å². The number of nitro benzene ring substituents is 1. The van der Waals surface area contributed by atoms with Gasteiger partial charge in [-0.15, -0.1) is 0 Å². The first-order valence-corrected chi connectivity index (χ1v) is 7.06. The second-order valence-electron chi connectivity index (χ2n) is 4.03. The molecule has 0 unspecified atom stereocenters.